The van der Waals surface area contributed by atoms with E-state index in [0.717, 1.165) is 19.3 Å². The molecule has 0 unspecified atom stereocenters. The summed E-state index contributed by atoms with van der Waals surface area (Å²) in [6, 6.07) is 13.7. The number of carbonyl (C=O) groups is 3. The van der Waals surface area contributed by atoms with Gasteiger partial charge in [0.25, 0.3) is 11.8 Å². The molecule has 0 aliphatic heterocycles. The highest BCUT2D eigenvalue weighted by Gasteiger charge is 2.29. The van der Waals surface area contributed by atoms with Gasteiger partial charge in [-0.25, -0.2) is 0 Å². The zero-order valence-corrected chi connectivity index (χ0v) is 16.4. The van der Waals surface area contributed by atoms with Crippen molar-refractivity contribution >= 4 is 29.1 Å². The summed E-state index contributed by atoms with van der Waals surface area (Å²) in [7, 11) is 0. The SMILES string of the molecule is CCCNC(=O)c1cccc(NC(=O)COc2cccc(NC(=O)C3CC3)c2)c1. The van der Waals surface area contributed by atoms with Gasteiger partial charge >= 0.3 is 0 Å². The molecule has 3 rings (SSSR count). The third-order valence-corrected chi connectivity index (χ3v) is 4.36. The minimum absolute atomic E-state index is 0.0164. The lowest BCUT2D eigenvalue weighted by molar-refractivity contribution is -0.118. The van der Waals surface area contributed by atoms with Gasteiger partial charge < -0.3 is 20.7 Å². The minimum Gasteiger partial charge on any atom is -0.484 e. The highest BCUT2D eigenvalue weighted by Crippen LogP contribution is 2.30. The van der Waals surface area contributed by atoms with Crippen molar-refractivity contribution in [3.05, 3.63) is 54.1 Å². The van der Waals surface area contributed by atoms with Gasteiger partial charge in [0.2, 0.25) is 5.91 Å². The Balaban J connectivity index is 1.51. The van der Waals surface area contributed by atoms with Crippen molar-refractivity contribution < 1.29 is 19.1 Å². The Morgan fingerprint density at radius 2 is 1.72 bits per heavy atom. The first-order chi connectivity index (χ1) is 14.0. The molecule has 7 heteroatoms. The number of anilines is 2. The first kappa shape index (κ1) is 20.4. The molecule has 0 spiro atoms. The zero-order chi connectivity index (χ0) is 20.6. The molecule has 1 aliphatic rings. The van der Waals surface area contributed by atoms with Crippen LogP contribution >= 0.6 is 0 Å². The monoisotopic (exact) mass is 395 g/mol. The van der Waals surface area contributed by atoms with E-state index >= 15 is 0 Å². The molecule has 0 aromatic heterocycles. The van der Waals surface area contributed by atoms with E-state index in [-0.39, 0.29) is 30.2 Å². The number of benzene rings is 2. The van der Waals surface area contributed by atoms with E-state index in [2.05, 4.69) is 16.0 Å². The van der Waals surface area contributed by atoms with Gasteiger partial charge in [-0.15, -0.1) is 0 Å². The third-order valence-electron chi connectivity index (χ3n) is 4.36. The molecule has 0 bridgehead atoms. The van der Waals surface area contributed by atoms with Gasteiger partial charge in [0.05, 0.1) is 0 Å². The van der Waals surface area contributed by atoms with Gasteiger partial charge in [0.1, 0.15) is 5.75 Å². The van der Waals surface area contributed by atoms with Crippen LogP contribution in [0, 0.1) is 5.92 Å². The van der Waals surface area contributed by atoms with Crippen molar-refractivity contribution in [2.75, 3.05) is 23.8 Å². The standard InChI is InChI=1S/C22H25N3O4/c1-2-11-23-21(27)16-5-3-6-17(12-16)24-20(26)14-29-19-8-4-7-18(13-19)25-22(28)15-9-10-15/h3-8,12-13,15H,2,9-11,14H2,1H3,(H,23,27)(H,24,26)(H,25,28). The van der Waals surface area contributed by atoms with Gasteiger partial charge in [0.15, 0.2) is 6.61 Å². The molecule has 1 aliphatic carbocycles. The van der Waals surface area contributed by atoms with Gasteiger partial charge in [-0.1, -0.05) is 19.1 Å². The second-order valence-corrected chi connectivity index (χ2v) is 6.96. The van der Waals surface area contributed by atoms with Crippen LogP contribution in [-0.2, 0) is 9.59 Å². The van der Waals surface area contributed by atoms with Crippen LogP contribution < -0.4 is 20.7 Å². The maximum Gasteiger partial charge on any atom is 0.262 e. The third kappa shape index (κ3) is 6.34. The Labute approximate surface area is 169 Å². The second kappa shape index (κ2) is 9.73. The highest BCUT2D eigenvalue weighted by molar-refractivity contribution is 5.97. The number of amides is 3. The van der Waals surface area contributed by atoms with Crippen LogP contribution in [-0.4, -0.2) is 30.9 Å². The molecule has 1 fully saturated rings. The lowest BCUT2D eigenvalue weighted by Crippen LogP contribution is -2.24. The van der Waals surface area contributed by atoms with E-state index in [1.165, 1.54) is 0 Å². The molecule has 2 aromatic carbocycles. The highest BCUT2D eigenvalue weighted by atomic mass is 16.5. The number of rotatable bonds is 9. The Morgan fingerprint density at radius 1 is 1.00 bits per heavy atom. The van der Waals surface area contributed by atoms with Crippen LogP contribution in [0.5, 0.6) is 5.75 Å². The molecule has 0 atom stereocenters. The van der Waals surface area contributed by atoms with Crippen LogP contribution in [0.25, 0.3) is 0 Å². The summed E-state index contributed by atoms with van der Waals surface area (Å²) < 4.78 is 5.53. The fourth-order valence-corrected chi connectivity index (χ4v) is 2.68. The van der Waals surface area contributed by atoms with Crippen LogP contribution in [0.2, 0.25) is 0 Å². The topological polar surface area (TPSA) is 96.5 Å². The number of hydrogen-bond donors (Lipinski definition) is 3. The largest absolute Gasteiger partial charge is 0.484 e. The van der Waals surface area contributed by atoms with E-state index in [9.17, 15) is 14.4 Å². The molecule has 152 valence electrons. The Kier molecular flexibility index (Phi) is 6.84. The summed E-state index contributed by atoms with van der Waals surface area (Å²) in [5, 5.41) is 8.36. The van der Waals surface area contributed by atoms with E-state index in [4.69, 9.17) is 4.74 Å². The fraction of sp³-hybridized carbons (Fsp3) is 0.318. The number of nitrogens with one attached hydrogen (secondary N) is 3. The van der Waals surface area contributed by atoms with Crippen molar-refractivity contribution in [2.24, 2.45) is 5.92 Å². The van der Waals surface area contributed by atoms with Gasteiger partial charge in [-0.3, -0.25) is 14.4 Å². The molecule has 0 saturated heterocycles. The fourth-order valence-electron chi connectivity index (χ4n) is 2.68. The maximum absolute atomic E-state index is 12.2. The maximum atomic E-state index is 12.2. The van der Waals surface area contributed by atoms with Crippen LogP contribution in [0.3, 0.4) is 0 Å². The number of hydrogen-bond acceptors (Lipinski definition) is 4. The summed E-state index contributed by atoms with van der Waals surface area (Å²) in [5.41, 5.74) is 1.65. The van der Waals surface area contributed by atoms with Crippen molar-refractivity contribution in [1.82, 2.24) is 5.32 Å². The van der Waals surface area contributed by atoms with Crippen LogP contribution in [0.1, 0.15) is 36.5 Å². The predicted molar refractivity (Wildman–Crippen MR) is 111 cm³/mol. The smallest absolute Gasteiger partial charge is 0.262 e. The van der Waals surface area contributed by atoms with Gasteiger partial charge in [-0.05, 0) is 49.6 Å². The summed E-state index contributed by atoms with van der Waals surface area (Å²) in [6.07, 6.45) is 2.72. The van der Waals surface area contributed by atoms with Crippen molar-refractivity contribution in [3.8, 4) is 5.75 Å². The molecular formula is C22H25N3O4. The Bertz CT molecular complexity index is 893. The summed E-state index contributed by atoms with van der Waals surface area (Å²) in [4.78, 5) is 36.1. The lowest BCUT2D eigenvalue weighted by atomic mass is 10.2. The Morgan fingerprint density at radius 3 is 2.45 bits per heavy atom. The van der Waals surface area contributed by atoms with Crippen molar-refractivity contribution in [3.63, 3.8) is 0 Å². The molecule has 29 heavy (non-hydrogen) atoms. The first-order valence-electron chi connectivity index (χ1n) is 9.77. The second-order valence-electron chi connectivity index (χ2n) is 6.96. The van der Waals surface area contributed by atoms with E-state index in [1.54, 1.807) is 48.5 Å². The van der Waals surface area contributed by atoms with Gasteiger partial charge in [-0.2, -0.15) is 0 Å². The molecule has 0 radical (unpaired) electrons. The normalized spacial score (nSPS) is 12.7. The first-order valence-corrected chi connectivity index (χ1v) is 9.77. The lowest BCUT2D eigenvalue weighted by Gasteiger charge is -2.10. The van der Waals surface area contributed by atoms with Crippen LogP contribution in [0.4, 0.5) is 11.4 Å². The average Bonchev–Trinajstić information content (AvgIpc) is 3.56. The number of carbonyl (C=O) groups excluding carboxylic acids is 3. The molecule has 1 saturated carbocycles. The quantitative estimate of drug-likeness (QED) is 0.607. The summed E-state index contributed by atoms with van der Waals surface area (Å²) >= 11 is 0. The zero-order valence-electron chi connectivity index (χ0n) is 16.4. The van der Waals surface area contributed by atoms with Crippen molar-refractivity contribution in [2.45, 2.75) is 26.2 Å². The summed E-state index contributed by atoms with van der Waals surface area (Å²) in [6.45, 7) is 2.39. The Hall–Kier alpha value is -3.35. The van der Waals surface area contributed by atoms with Crippen molar-refractivity contribution in [1.29, 1.82) is 0 Å². The molecule has 2 aromatic rings. The molecular weight excluding hydrogens is 370 g/mol. The van der Waals surface area contributed by atoms with E-state index in [1.807, 2.05) is 6.92 Å². The molecule has 3 N–H and O–H groups in total. The molecule has 7 nitrogen and oxygen atoms in total. The van der Waals surface area contributed by atoms with Gasteiger partial charge in [0, 0.05) is 35.5 Å². The summed E-state index contributed by atoms with van der Waals surface area (Å²) in [5.74, 6) is 0.0992. The van der Waals surface area contributed by atoms with Crippen LogP contribution in [0.15, 0.2) is 48.5 Å². The predicted octanol–water partition coefficient (Wildman–Crippen LogP) is 3.19. The average molecular weight is 395 g/mol. The molecule has 0 heterocycles. The minimum atomic E-state index is -0.344. The van der Waals surface area contributed by atoms with E-state index < -0.39 is 0 Å². The van der Waals surface area contributed by atoms with E-state index in [0.29, 0.717) is 29.2 Å². The number of ether oxygens (including phenoxy) is 1. The molecule has 3 amide bonds.